The highest BCUT2D eigenvalue weighted by molar-refractivity contribution is 5.22. The summed E-state index contributed by atoms with van der Waals surface area (Å²) in [5, 5.41) is 3.51. The number of halogens is 1. The van der Waals surface area contributed by atoms with Crippen molar-refractivity contribution in [1.82, 2.24) is 5.32 Å². The Hall–Kier alpha value is -0.890. The Bertz CT molecular complexity index is 358. The van der Waals surface area contributed by atoms with E-state index in [9.17, 15) is 4.39 Å². The van der Waals surface area contributed by atoms with Gasteiger partial charge in [0, 0.05) is 6.54 Å². The van der Waals surface area contributed by atoms with E-state index >= 15 is 0 Å². The Morgan fingerprint density at radius 2 is 2.11 bits per heavy atom. The molecule has 1 nitrogen and oxygen atoms in total. The minimum absolute atomic E-state index is 0.106. The molecule has 0 radical (unpaired) electrons. The van der Waals surface area contributed by atoms with Crippen molar-refractivity contribution in [2.45, 2.75) is 44.9 Å². The molecule has 1 unspecified atom stereocenters. The standard InChI is InChI=1S/C16H24FN/c1-2-10-18-12-16(13-6-3-4-7-13)14-8-5-9-15(17)11-14/h5,8-9,11,13,16,18H,2-4,6-7,10,12H2,1H3. The van der Waals surface area contributed by atoms with Crippen LogP contribution in [0.5, 0.6) is 0 Å². The highest BCUT2D eigenvalue weighted by Crippen LogP contribution is 2.37. The molecule has 1 saturated carbocycles. The van der Waals surface area contributed by atoms with E-state index in [1.165, 1.54) is 37.3 Å². The third-order valence-electron chi connectivity index (χ3n) is 4.04. The van der Waals surface area contributed by atoms with E-state index in [4.69, 9.17) is 0 Å². The van der Waals surface area contributed by atoms with Gasteiger partial charge < -0.3 is 5.32 Å². The lowest BCUT2D eigenvalue weighted by molar-refractivity contribution is 0.410. The molecule has 1 N–H and O–H groups in total. The summed E-state index contributed by atoms with van der Waals surface area (Å²) in [5.41, 5.74) is 1.17. The van der Waals surface area contributed by atoms with Crippen molar-refractivity contribution in [3.8, 4) is 0 Å². The van der Waals surface area contributed by atoms with Crippen LogP contribution >= 0.6 is 0 Å². The van der Waals surface area contributed by atoms with E-state index in [-0.39, 0.29) is 5.82 Å². The van der Waals surface area contributed by atoms with Crippen LogP contribution in [0.25, 0.3) is 0 Å². The molecule has 2 heteroatoms. The molecule has 0 amide bonds. The zero-order chi connectivity index (χ0) is 12.8. The first-order chi connectivity index (χ1) is 8.81. The van der Waals surface area contributed by atoms with Crippen LogP contribution in [0.4, 0.5) is 4.39 Å². The maximum absolute atomic E-state index is 13.4. The Labute approximate surface area is 110 Å². The van der Waals surface area contributed by atoms with Gasteiger partial charge in [0.1, 0.15) is 5.82 Å². The van der Waals surface area contributed by atoms with Crippen LogP contribution in [0.1, 0.15) is 50.5 Å². The number of rotatable bonds is 6. The predicted molar refractivity (Wildman–Crippen MR) is 74.3 cm³/mol. The second kappa shape index (κ2) is 6.89. The summed E-state index contributed by atoms with van der Waals surface area (Å²) in [5.74, 6) is 1.11. The van der Waals surface area contributed by atoms with Gasteiger partial charge in [0.2, 0.25) is 0 Å². The average Bonchev–Trinajstić information content (AvgIpc) is 2.88. The lowest BCUT2D eigenvalue weighted by Gasteiger charge is -2.24. The van der Waals surface area contributed by atoms with Crippen molar-refractivity contribution in [1.29, 1.82) is 0 Å². The van der Waals surface area contributed by atoms with Gasteiger partial charge in [-0.2, -0.15) is 0 Å². The summed E-state index contributed by atoms with van der Waals surface area (Å²) in [4.78, 5) is 0. The van der Waals surface area contributed by atoms with E-state index < -0.39 is 0 Å². The maximum atomic E-state index is 13.4. The fourth-order valence-electron chi connectivity index (χ4n) is 3.09. The molecule has 0 aliphatic heterocycles. The average molecular weight is 249 g/mol. The van der Waals surface area contributed by atoms with Crippen LogP contribution < -0.4 is 5.32 Å². The van der Waals surface area contributed by atoms with Gasteiger partial charge in [0.15, 0.2) is 0 Å². The summed E-state index contributed by atoms with van der Waals surface area (Å²) in [6.07, 6.45) is 6.43. The van der Waals surface area contributed by atoms with E-state index in [2.05, 4.69) is 18.3 Å². The molecular weight excluding hydrogens is 225 g/mol. The fraction of sp³-hybridized carbons (Fsp3) is 0.625. The topological polar surface area (TPSA) is 12.0 Å². The van der Waals surface area contributed by atoms with Gasteiger partial charge in [-0.15, -0.1) is 0 Å². The van der Waals surface area contributed by atoms with Crippen molar-refractivity contribution in [2.75, 3.05) is 13.1 Å². The van der Waals surface area contributed by atoms with E-state index in [1.807, 2.05) is 6.07 Å². The minimum atomic E-state index is -0.106. The molecule has 1 atom stereocenters. The van der Waals surface area contributed by atoms with Gasteiger partial charge >= 0.3 is 0 Å². The highest BCUT2D eigenvalue weighted by atomic mass is 19.1. The highest BCUT2D eigenvalue weighted by Gasteiger charge is 2.26. The lowest BCUT2D eigenvalue weighted by atomic mass is 9.84. The maximum Gasteiger partial charge on any atom is 0.123 e. The second-order valence-electron chi connectivity index (χ2n) is 5.41. The third kappa shape index (κ3) is 3.55. The lowest BCUT2D eigenvalue weighted by Crippen LogP contribution is -2.26. The molecular formula is C16H24FN. The minimum Gasteiger partial charge on any atom is -0.316 e. The Morgan fingerprint density at radius 1 is 1.33 bits per heavy atom. The van der Waals surface area contributed by atoms with Gasteiger partial charge in [0.25, 0.3) is 0 Å². The molecule has 2 rings (SSSR count). The summed E-state index contributed by atoms with van der Waals surface area (Å²) in [6, 6.07) is 7.18. The van der Waals surface area contributed by atoms with Crippen molar-refractivity contribution < 1.29 is 4.39 Å². The second-order valence-corrected chi connectivity index (χ2v) is 5.41. The van der Waals surface area contributed by atoms with Gasteiger partial charge in [-0.25, -0.2) is 4.39 Å². The molecule has 0 spiro atoms. The van der Waals surface area contributed by atoms with Crippen LogP contribution in [-0.2, 0) is 0 Å². The van der Waals surface area contributed by atoms with E-state index in [1.54, 1.807) is 6.07 Å². The van der Waals surface area contributed by atoms with Crippen LogP contribution in [0.2, 0.25) is 0 Å². The summed E-state index contributed by atoms with van der Waals surface area (Å²) < 4.78 is 13.4. The predicted octanol–water partition coefficient (Wildman–Crippen LogP) is 4.10. The van der Waals surface area contributed by atoms with Crippen molar-refractivity contribution in [3.05, 3.63) is 35.6 Å². The van der Waals surface area contributed by atoms with Crippen molar-refractivity contribution >= 4 is 0 Å². The number of hydrogen-bond donors (Lipinski definition) is 1. The van der Waals surface area contributed by atoms with Gasteiger partial charge in [0.05, 0.1) is 0 Å². The van der Waals surface area contributed by atoms with Gasteiger partial charge in [-0.05, 0) is 55.3 Å². The first kappa shape index (κ1) is 13.5. The van der Waals surface area contributed by atoms with E-state index in [0.717, 1.165) is 25.4 Å². The van der Waals surface area contributed by atoms with Crippen LogP contribution in [0.3, 0.4) is 0 Å². The molecule has 1 fully saturated rings. The van der Waals surface area contributed by atoms with Crippen LogP contribution in [-0.4, -0.2) is 13.1 Å². The number of hydrogen-bond acceptors (Lipinski definition) is 1. The zero-order valence-corrected chi connectivity index (χ0v) is 11.3. The number of nitrogens with one attached hydrogen (secondary N) is 1. The monoisotopic (exact) mass is 249 g/mol. The first-order valence-corrected chi connectivity index (χ1v) is 7.27. The largest absolute Gasteiger partial charge is 0.316 e. The SMILES string of the molecule is CCCNCC(c1cccc(F)c1)C1CCCC1. The van der Waals surface area contributed by atoms with Crippen molar-refractivity contribution in [2.24, 2.45) is 5.92 Å². The summed E-state index contributed by atoms with van der Waals surface area (Å²) >= 11 is 0. The third-order valence-corrected chi connectivity index (χ3v) is 4.04. The molecule has 1 aromatic carbocycles. The molecule has 1 aromatic rings. The molecule has 18 heavy (non-hydrogen) atoms. The summed E-state index contributed by atoms with van der Waals surface area (Å²) in [7, 11) is 0. The molecule has 0 bridgehead atoms. The van der Waals surface area contributed by atoms with Crippen LogP contribution in [0, 0.1) is 11.7 Å². The molecule has 100 valence electrons. The Morgan fingerprint density at radius 3 is 2.78 bits per heavy atom. The Kier molecular flexibility index (Phi) is 5.18. The Balaban J connectivity index is 2.07. The molecule has 0 saturated heterocycles. The molecule has 0 aromatic heterocycles. The molecule has 1 aliphatic carbocycles. The van der Waals surface area contributed by atoms with Gasteiger partial charge in [-0.3, -0.25) is 0 Å². The molecule has 0 heterocycles. The van der Waals surface area contributed by atoms with Crippen LogP contribution in [0.15, 0.2) is 24.3 Å². The number of benzene rings is 1. The molecule has 1 aliphatic rings. The van der Waals surface area contributed by atoms with E-state index in [0.29, 0.717) is 5.92 Å². The zero-order valence-electron chi connectivity index (χ0n) is 11.3. The summed E-state index contributed by atoms with van der Waals surface area (Å²) in [6.45, 7) is 4.22. The quantitative estimate of drug-likeness (QED) is 0.748. The smallest absolute Gasteiger partial charge is 0.123 e. The fourth-order valence-corrected chi connectivity index (χ4v) is 3.09. The normalized spacial score (nSPS) is 18.1. The van der Waals surface area contributed by atoms with Crippen molar-refractivity contribution in [3.63, 3.8) is 0 Å². The first-order valence-electron chi connectivity index (χ1n) is 7.27. The van der Waals surface area contributed by atoms with Gasteiger partial charge in [-0.1, -0.05) is 31.9 Å².